The average Bonchev–Trinajstić information content (AvgIpc) is 3.50. The summed E-state index contributed by atoms with van der Waals surface area (Å²) in [5.41, 5.74) is 4.89. The number of fused-ring (bicyclic) bond motifs is 3. The lowest BCUT2D eigenvalue weighted by Crippen LogP contribution is -2.60. The molecular weight excluding hydrogens is 354 g/mol. The molecule has 2 unspecified atom stereocenters. The van der Waals surface area contributed by atoms with E-state index >= 15 is 0 Å². The summed E-state index contributed by atoms with van der Waals surface area (Å²) in [6.45, 7) is 2.31. The van der Waals surface area contributed by atoms with Crippen molar-refractivity contribution in [3.63, 3.8) is 0 Å². The normalized spacial score (nSPS) is 33.0. The second-order valence-corrected chi connectivity index (χ2v) is 9.32. The summed E-state index contributed by atoms with van der Waals surface area (Å²) in [5.74, 6) is 0.147. The maximum Gasteiger partial charge on any atom is 0.248 e. The third kappa shape index (κ3) is 3.03. The first-order chi connectivity index (χ1) is 13.6. The van der Waals surface area contributed by atoms with E-state index in [1.165, 1.54) is 11.1 Å². The van der Waals surface area contributed by atoms with Crippen molar-refractivity contribution in [1.82, 2.24) is 15.7 Å². The van der Waals surface area contributed by atoms with Crippen molar-refractivity contribution in [2.75, 3.05) is 19.6 Å². The lowest BCUT2D eigenvalue weighted by atomic mass is 9.71. The SMILES string of the molecule is O=C(NO)[C@H]1CC2(CC2)CN[C@@H]1C(=O)N1CCC2c3ccccc3CCC2C1. The Balaban J connectivity index is 1.30. The van der Waals surface area contributed by atoms with Gasteiger partial charge in [-0.15, -0.1) is 0 Å². The second kappa shape index (κ2) is 6.85. The monoisotopic (exact) mass is 383 g/mol. The molecule has 2 aliphatic heterocycles. The summed E-state index contributed by atoms with van der Waals surface area (Å²) in [6, 6.07) is 8.21. The Morgan fingerprint density at radius 3 is 2.82 bits per heavy atom. The maximum atomic E-state index is 13.3. The molecule has 4 aliphatic rings. The zero-order valence-electron chi connectivity index (χ0n) is 16.2. The molecule has 6 heteroatoms. The predicted octanol–water partition coefficient (Wildman–Crippen LogP) is 1.83. The summed E-state index contributed by atoms with van der Waals surface area (Å²) in [5, 5.41) is 12.5. The Kier molecular flexibility index (Phi) is 4.43. The number of piperidine rings is 2. The van der Waals surface area contributed by atoms with E-state index in [-0.39, 0.29) is 11.3 Å². The fraction of sp³-hybridized carbons (Fsp3) is 0.636. The van der Waals surface area contributed by atoms with Gasteiger partial charge in [-0.1, -0.05) is 24.3 Å². The molecule has 3 fully saturated rings. The maximum absolute atomic E-state index is 13.3. The first-order valence-electron chi connectivity index (χ1n) is 10.6. The molecule has 1 aromatic rings. The number of nitrogens with zero attached hydrogens (tertiary/aromatic N) is 1. The van der Waals surface area contributed by atoms with E-state index < -0.39 is 17.9 Å². The molecule has 3 N–H and O–H groups in total. The Hall–Kier alpha value is -1.92. The number of carbonyl (C=O) groups excluding carboxylic acids is 2. The van der Waals surface area contributed by atoms with Gasteiger partial charge in [-0.2, -0.15) is 0 Å². The molecular formula is C22H29N3O3. The van der Waals surface area contributed by atoms with Gasteiger partial charge in [0.25, 0.3) is 0 Å². The third-order valence-electron chi connectivity index (χ3n) is 7.71. The van der Waals surface area contributed by atoms with E-state index in [4.69, 9.17) is 0 Å². The zero-order valence-corrected chi connectivity index (χ0v) is 16.2. The van der Waals surface area contributed by atoms with E-state index in [0.29, 0.717) is 18.3 Å². The number of benzene rings is 1. The van der Waals surface area contributed by atoms with Crippen LogP contribution in [0.2, 0.25) is 0 Å². The van der Waals surface area contributed by atoms with Gasteiger partial charge in [0.15, 0.2) is 0 Å². The van der Waals surface area contributed by atoms with Crippen LogP contribution >= 0.6 is 0 Å². The molecule has 0 radical (unpaired) electrons. The summed E-state index contributed by atoms with van der Waals surface area (Å²) in [7, 11) is 0. The van der Waals surface area contributed by atoms with Crippen LogP contribution in [0, 0.1) is 17.3 Å². The number of hydroxylamine groups is 1. The topological polar surface area (TPSA) is 81.7 Å². The minimum absolute atomic E-state index is 0.0291. The molecule has 2 amide bonds. The predicted molar refractivity (Wildman–Crippen MR) is 104 cm³/mol. The highest BCUT2D eigenvalue weighted by Crippen LogP contribution is 2.52. The van der Waals surface area contributed by atoms with Crippen LogP contribution in [0.25, 0.3) is 0 Å². The molecule has 28 heavy (non-hydrogen) atoms. The smallest absolute Gasteiger partial charge is 0.248 e. The Bertz CT molecular complexity index is 791. The second-order valence-electron chi connectivity index (χ2n) is 9.32. The highest BCUT2D eigenvalue weighted by molar-refractivity contribution is 5.90. The van der Waals surface area contributed by atoms with Gasteiger partial charge in [-0.3, -0.25) is 14.8 Å². The first kappa shape index (κ1) is 18.1. The summed E-state index contributed by atoms with van der Waals surface area (Å²) < 4.78 is 0. The molecule has 1 spiro atoms. The number of rotatable bonds is 2. The first-order valence-corrected chi connectivity index (χ1v) is 10.6. The van der Waals surface area contributed by atoms with Gasteiger partial charge >= 0.3 is 0 Å². The van der Waals surface area contributed by atoms with Gasteiger partial charge in [0.05, 0.1) is 12.0 Å². The summed E-state index contributed by atoms with van der Waals surface area (Å²) >= 11 is 0. The molecule has 1 saturated carbocycles. The summed E-state index contributed by atoms with van der Waals surface area (Å²) in [4.78, 5) is 27.6. The molecule has 2 heterocycles. The van der Waals surface area contributed by atoms with Gasteiger partial charge < -0.3 is 10.2 Å². The van der Waals surface area contributed by atoms with Crippen LogP contribution in [0.5, 0.6) is 0 Å². The van der Waals surface area contributed by atoms with Crippen molar-refractivity contribution in [3.05, 3.63) is 35.4 Å². The lowest BCUT2D eigenvalue weighted by Gasteiger charge is -2.44. The van der Waals surface area contributed by atoms with Crippen molar-refractivity contribution in [3.8, 4) is 0 Å². The highest BCUT2D eigenvalue weighted by atomic mass is 16.5. The molecule has 150 valence electrons. The number of carbonyl (C=O) groups is 2. The van der Waals surface area contributed by atoms with Crippen LogP contribution in [0.3, 0.4) is 0 Å². The standard InChI is InChI=1S/C22H29N3O3/c26-20(24-28)18-11-22(8-9-22)13-23-19(18)21(27)25-10-7-17-15(12-25)6-5-14-3-1-2-4-16(14)17/h1-4,15,17-19,23,28H,5-13H2,(H,24,26)/t15?,17?,18-,19-/m0/s1. The van der Waals surface area contributed by atoms with Crippen molar-refractivity contribution in [2.24, 2.45) is 17.3 Å². The Morgan fingerprint density at radius 1 is 1.21 bits per heavy atom. The van der Waals surface area contributed by atoms with Crippen molar-refractivity contribution in [1.29, 1.82) is 0 Å². The largest absolute Gasteiger partial charge is 0.341 e. The third-order valence-corrected chi connectivity index (χ3v) is 7.71. The molecule has 6 nitrogen and oxygen atoms in total. The zero-order chi connectivity index (χ0) is 19.3. The van der Waals surface area contributed by atoms with E-state index in [2.05, 4.69) is 29.6 Å². The van der Waals surface area contributed by atoms with E-state index in [1.807, 2.05) is 4.90 Å². The van der Waals surface area contributed by atoms with E-state index in [1.54, 1.807) is 5.48 Å². The van der Waals surface area contributed by atoms with E-state index in [0.717, 1.165) is 51.7 Å². The van der Waals surface area contributed by atoms with Gasteiger partial charge in [0, 0.05) is 19.6 Å². The van der Waals surface area contributed by atoms with Gasteiger partial charge in [0.1, 0.15) is 0 Å². The number of hydrogen-bond donors (Lipinski definition) is 3. The molecule has 1 aromatic carbocycles. The lowest BCUT2D eigenvalue weighted by molar-refractivity contribution is -0.146. The van der Waals surface area contributed by atoms with Gasteiger partial charge in [-0.05, 0) is 66.9 Å². The number of aryl methyl sites for hydroxylation is 1. The quantitative estimate of drug-likeness (QED) is 0.538. The molecule has 0 bridgehead atoms. The minimum Gasteiger partial charge on any atom is -0.341 e. The molecule has 2 aliphatic carbocycles. The Morgan fingerprint density at radius 2 is 2.04 bits per heavy atom. The molecule has 2 saturated heterocycles. The van der Waals surface area contributed by atoms with E-state index in [9.17, 15) is 14.8 Å². The number of amides is 2. The summed E-state index contributed by atoms with van der Waals surface area (Å²) in [6.07, 6.45) is 6.08. The van der Waals surface area contributed by atoms with Crippen LogP contribution in [0.1, 0.15) is 49.1 Å². The highest BCUT2D eigenvalue weighted by Gasteiger charge is 2.53. The van der Waals surface area contributed by atoms with Gasteiger partial charge in [-0.25, -0.2) is 5.48 Å². The minimum atomic E-state index is -0.522. The van der Waals surface area contributed by atoms with Crippen LogP contribution in [0.4, 0.5) is 0 Å². The Labute approximate surface area is 165 Å². The fourth-order valence-electron chi connectivity index (χ4n) is 5.86. The average molecular weight is 383 g/mol. The van der Waals surface area contributed by atoms with Crippen LogP contribution in [-0.4, -0.2) is 47.6 Å². The van der Waals surface area contributed by atoms with Crippen LogP contribution in [-0.2, 0) is 16.0 Å². The number of likely N-dealkylation sites (tertiary alicyclic amines) is 1. The molecule has 0 aromatic heterocycles. The number of nitrogens with one attached hydrogen (secondary N) is 2. The fourth-order valence-corrected chi connectivity index (χ4v) is 5.86. The van der Waals surface area contributed by atoms with Crippen molar-refractivity contribution < 1.29 is 14.8 Å². The van der Waals surface area contributed by atoms with Gasteiger partial charge in [0.2, 0.25) is 11.8 Å². The molecule has 5 rings (SSSR count). The van der Waals surface area contributed by atoms with Crippen LogP contribution in [0.15, 0.2) is 24.3 Å². The number of hydrogen-bond acceptors (Lipinski definition) is 4. The van der Waals surface area contributed by atoms with Crippen LogP contribution < -0.4 is 10.8 Å². The van der Waals surface area contributed by atoms with Crippen molar-refractivity contribution >= 4 is 11.8 Å². The van der Waals surface area contributed by atoms with Crippen molar-refractivity contribution in [2.45, 2.75) is 50.5 Å². The molecule has 4 atom stereocenters.